The van der Waals surface area contributed by atoms with Crippen molar-refractivity contribution >= 4 is 44.6 Å². The molecule has 3 aromatic heterocycles. The molecule has 2 saturated heterocycles. The maximum atomic E-state index is 14.5. The van der Waals surface area contributed by atoms with E-state index in [4.69, 9.17) is 19.4 Å². The fraction of sp³-hybridized carbons (Fsp3) is 0.333. The number of piperidine rings is 1. The molecule has 322 valence electrons. The van der Waals surface area contributed by atoms with Crippen LogP contribution in [0.5, 0.6) is 11.5 Å². The zero-order chi connectivity index (χ0) is 43.1. The molecule has 2 unspecified atom stereocenters. The lowest BCUT2D eigenvalue weighted by Gasteiger charge is -2.48. The monoisotopic (exact) mass is 863 g/mol. The first-order valence-corrected chi connectivity index (χ1v) is 22.6. The van der Waals surface area contributed by atoms with E-state index >= 15 is 0 Å². The number of rotatable bonds is 11. The van der Waals surface area contributed by atoms with Gasteiger partial charge >= 0.3 is 0 Å². The fourth-order valence-electron chi connectivity index (χ4n) is 9.07. The van der Waals surface area contributed by atoms with Crippen LogP contribution < -0.4 is 25.0 Å². The van der Waals surface area contributed by atoms with Crippen molar-refractivity contribution in [2.45, 2.75) is 44.7 Å². The largest absolute Gasteiger partial charge is 0.496 e. The Hall–Kier alpha value is -6.17. The van der Waals surface area contributed by atoms with Crippen LogP contribution in [0.25, 0.3) is 28.3 Å². The Labute approximate surface area is 358 Å². The average Bonchev–Trinajstić information content (AvgIpc) is 3.67. The summed E-state index contributed by atoms with van der Waals surface area (Å²) in [5.74, 6) is -1.33. The van der Waals surface area contributed by atoms with Crippen LogP contribution in [0.4, 0.5) is 31.8 Å². The van der Waals surface area contributed by atoms with Gasteiger partial charge in [0, 0.05) is 74.5 Å². The third kappa shape index (κ3) is 8.02. The van der Waals surface area contributed by atoms with Gasteiger partial charge in [-0.05, 0) is 92.8 Å². The lowest BCUT2D eigenvalue weighted by atomic mass is 9.86. The maximum absolute atomic E-state index is 14.5. The smallest absolute Gasteiger partial charge is 0.259 e. The van der Waals surface area contributed by atoms with Crippen LogP contribution in [-0.4, -0.2) is 108 Å². The lowest BCUT2D eigenvalue weighted by Crippen LogP contribution is -2.56. The van der Waals surface area contributed by atoms with Crippen molar-refractivity contribution in [2.24, 2.45) is 0 Å². The lowest BCUT2D eigenvalue weighted by molar-refractivity contribution is 0.102. The number of imidazole rings is 1. The van der Waals surface area contributed by atoms with E-state index in [1.807, 2.05) is 35.7 Å². The summed E-state index contributed by atoms with van der Waals surface area (Å²) in [4.78, 5) is 33.1. The number of piperazine rings is 1. The van der Waals surface area contributed by atoms with E-state index in [0.717, 1.165) is 63.1 Å². The molecule has 17 heteroatoms. The number of pyridine rings is 1. The van der Waals surface area contributed by atoms with Crippen LogP contribution in [0, 0.1) is 11.6 Å². The van der Waals surface area contributed by atoms with E-state index in [2.05, 4.69) is 37.6 Å². The minimum absolute atomic E-state index is 0.0530. The highest BCUT2D eigenvalue weighted by Crippen LogP contribution is 2.43. The minimum Gasteiger partial charge on any atom is -0.496 e. The summed E-state index contributed by atoms with van der Waals surface area (Å²) in [6, 6.07) is 20.8. The normalized spacial score (nSPS) is 18.2. The second-order valence-electron chi connectivity index (χ2n) is 15.8. The topological polar surface area (TPSA) is 147 Å². The van der Waals surface area contributed by atoms with E-state index in [1.165, 1.54) is 30.7 Å². The van der Waals surface area contributed by atoms with Gasteiger partial charge in [0.15, 0.2) is 0 Å². The summed E-state index contributed by atoms with van der Waals surface area (Å²) in [6.07, 6.45) is 8.78. The predicted octanol–water partition coefficient (Wildman–Crippen LogP) is 7.00. The summed E-state index contributed by atoms with van der Waals surface area (Å²) in [5.41, 5.74) is 5.48. The number of para-hydroxylation sites is 1. The third-order valence-electron chi connectivity index (χ3n) is 12.1. The van der Waals surface area contributed by atoms with Gasteiger partial charge in [-0.3, -0.25) is 14.1 Å². The molecule has 6 heterocycles. The summed E-state index contributed by atoms with van der Waals surface area (Å²) >= 11 is 0. The van der Waals surface area contributed by atoms with Crippen LogP contribution in [0.3, 0.4) is 0 Å². The number of hydrogen-bond donors (Lipinski definition) is 2. The van der Waals surface area contributed by atoms with E-state index in [9.17, 15) is 22.0 Å². The number of aromatic nitrogens is 4. The van der Waals surface area contributed by atoms with Crippen molar-refractivity contribution in [3.05, 3.63) is 108 Å². The van der Waals surface area contributed by atoms with Gasteiger partial charge in [-0.2, -0.15) is 4.31 Å². The second-order valence-corrected chi connectivity index (χ2v) is 17.7. The van der Waals surface area contributed by atoms with Crippen LogP contribution in [0.1, 0.15) is 42.1 Å². The molecular weight excluding hydrogens is 817 g/mol. The number of amides is 1. The molecule has 9 rings (SSSR count). The number of hydrogen-bond acceptors (Lipinski definition) is 11. The van der Waals surface area contributed by atoms with Crippen LogP contribution >= 0.6 is 0 Å². The highest BCUT2D eigenvalue weighted by Gasteiger charge is 2.37. The summed E-state index contributed by atoms with van der Waals surface area (Å²) < 4.78 is 68.5. The number of methoxy groups -OCH3 is 1. The molecular formula is C45H47F2N9O5S. The molecule has 6 aromatic rings. The van der Waals surface area contributed by atoms with E-state index < -0.39 is 33.3 Å². The molecule has 2 fully saturated rings. The van der Waals surface area contributed by atoms with Gasteiger partial charge in [0.2, 0.25) is 16.0 Å². The number of anilines is 4. The number of aryl methyl sites for hydroxylation is 1. The highest BCUT2D eigenvalue weighted by atomic mass is 32.2. The Morgan fingerprint density at radius 3 is 2.47 bits per heavy atom. The predicted molar refractivity (Wildman–Crippen MR) is 234 cm³/mol. The molecule has 14 nitrogen and oxygen atoms in total. The van der Waals surface area contributed by atoms with Gasteiger partial charge in [0.25, 0.3) is 5.91 Å². The van der Waals surface area contributed by atoms with Gasteiger partial charge in [0.05, 0.1) is 48.3 Å². The van der Waals surface area contributed by atoms with Gasteiger partial charge in [-0.15, -0.1) is 0 Å². The molecule has 62 heavy (non-hydrogen) atoms. The van der Waals surface area contributed by atoms with Gasteiger partial charge in [-0.25, -0.2) is 32.2 Å². The summed E-state index contributed by atoms with van der Waals surface area (Å²) in [6.45, 7) is 5.92. The van der Waals surface area contributed by atoms with Gasteiger partial charge in [0.1, 0.15) is 34.5 Å². The molecule has 0 radical (unpaired) electrons. The molecule has 3 aliphatic heterocycles. The maximum Gasteiger partial charge on any atom is 0.259 e. The van der Waals surface area contributed by atoms with E-state index in [-0.39, 0.29) is 11.3 Å². The molecule has 2 N–H and O–H groups in total. The summed E-state index contributed by atoms with van der Waals surface area (Å²) in [5, 5.41) is 5.81. The van der Waals surface area contributed by atoms with Crippen molar-refractivity contribution < 1.29 is 31.5 Å². The molecule has 0 aliphatic carbocycles. The quantitative estimate of drug-likeness (QED) is 0.139. The zero-order valence-corrected chi connectivity index (χ0v) is 35.5. The van der Waals surface area contributed by atoms with Gasteiger partial charge in [-0.1, -0.05) is 12.1 Å². The number of fused-ring (bicyclic) bond motifs is 4. The number of sulfonamides is 1. The van der Waals surface area contributed by atoms with E-state index in [0.29, 0.717) is 71.8 Å². The Balaban J connectivity index is 0.991. The Morgan fingerprint density at radius 1 is 0.903 bits per heavy atom. The first-order chi connectivity index (χ1) is 30.0. The fourth-order valence-corrected chi connectivity index (χ4v) is 9.90. The number of halogens is 2. The molecule has 3 aliphatic rings. The third-order valence-corrected chi connectivity index (χ3v) is 13.4. The first-order valence-electron chi connectivity index (χ1n) is 20.8. The average molecular weight is 864 g/mol. The summed E-state index contributed by atoms with van der Waals surface area (Å²) in [7, 11) is -1.76. The first kappa shape index (κ1) is 41.2. The molecule has 0 bridgehead atoms. The Morgan fingerprint density at radius 2 is 1.71 bits per heavy atom. The van der Waals surface area contributed by atoms with Crippen LogP contribution in [-0.2, 0) is 16.4 Å². The number of benzene rings is 3. The molecule has 3 aromatic carbocycles. The van der Waals surface area contributed by atoms with E-state index in [1.54, 1.807) is 34.8 Å². The molecule has 2 atom stereocenters. The van der Waals surface area contributed by atoms with Crippen molar-refractivity contribution in [2.75, 3.05) is 68.2 Å². The molecule has 0 saturated carbocycles. The van der Waals surface area contributed by atoms with Crippen molar-refractivity contribution in [3.8, 4) is 34.1 Å². The number of nitrogens with zero attached hydrogens (tertiary/aromatic N) is 7. The van der Waals surface area contributed by atoms with Crippen LogP contribution in [0.15, 0.2) is 85.2 Å². The number of ether oxygens (including phenoxy) is 2. The number of carbonyl (C=O) groups excluding carboxylic acids is 1. The molecule has 1 amide bonds. The zero-order valence-electron chi connectivity index (χ0n) is 34.6. The van der Waals surface area contributed by atoms with Crippen molar-refractivity contribution in [1.82, 2.24) is 28.6 Å². The highest BCUT2D eigenvalue weighted by molar-refractivity contribution is 7.88. The Bertz CT molecular complexity index is 2760. The standard InChI is InChI=1S/C45H47F2N9O5S/c1-4-61-39-27-37-28(11-13-31-26-30(16-19-55(31)37)53-20-22-54(23-21-53)62(3,58)59)25-36(39)50-45-48-17-15-35(49-45)43-41(51-40-10-5-6-18-56(40)43)29-12-14-38(60-2)32(24-29)44(57)52-42-33(46)8-7-9-34(42)47/h5-10,12,14-15,17-18,24-25,27,30-31H,4,11,13,16,19-23,26H2,1-3H3,(H,52,57)(H,48,49,50). The van der Waals surface area contributed by atoms with Crippen molar-refractivity contribution in [1.29, 1.82) is 0 Å². The van der Waals surface area contributed by atoms with Gasteiger partial charge < -0.3 is 25.0 Å². The Kier molecular flexibility index (Phi) is 11.3. The number of carbonyl (C=O) groups is 1. The SMILES string of the molecule is CCOc1cc2c(cc1Nc1nccc(-c3c(-c4ccc(OC)c(C(=O)Nc5c(F)cccc5F)c4)nc4ccccn34)n1)CCC1CC(N3CCN(S(C)(=O)=O)CC3)CCN21. The second kappa shape index (κ2) is 16.9. The minimum atomic E-state index is -3.17. The van der Waals surface area contributed by atoms with Crippen LogP contribution in [0.2, 0.25) is 0 Å². The van der Waals surface area contributed by atoms with Crippen molar-refractivity contribution in [3.63, 3.8) is 0 Å². The number of nitrogens with one attached hydrogen (secondary N) is 2. The molecule has 0 spiro atoms.